The van der Waals surface area contributed by atoms with E-state index in [-0.39, 0.29) is 32.5 Å². The average molecular weight is 567 g/mol. The second kappa shape index (κ2) is 14.1. The van der Waals surface area contributed by atoms with Crippen molar-refractivity contribution in [3.05, 3.63) is 10.4 Å². The van der Waals surface area contributed by atoms with Crippen molar-refractivity contribution < 1.29 is 19.1 Å². The summed E-state index contributed by atoms with van der Waals surface area (Å²) in [5.41, 5.74) is 14.1. The summed E-state index contributed by atoms with van der Waals surface area (Å²) in [6.07, 6.45) is 8.62. The number of azide groups is 1. The van der Waals surface area contributed by atoms with Crippen LogP contribution in [-0.2, 0) is 9.47 Å². The van der Waals surface area contributed by atoms with E-state index in [1.165, 1.54) is 12.8 Å². The first-order valence-electron chi connectivity index (χ1n) is 14.4. The molecular weight excluding hydrogens is 508 g/mol. The highest BCUT2D eigenvalue weighted by Gasteiger charge is 2.50. The minimum Gasteiger partial charge on any atom is -0.444 e. The molecule has 2 saturated carbocycles. The first-order valence-corrected chi connectivity index (χ1v) is 14.4. The average Bonchev–Trinajstić information content (AvgIpc) is 3.77. The minimum absolute atomic E-state index is 0. The molecule has 0 unspecified atom stereocenters. The molecule has 0 aromatic carbocycles. The zero-order valence-corrected chi connectivity index (χ0v) is 24.5. The Bertz CT molecular complexity index is 866. The summed E-state index contributed by atoms with van der Waals surface area (Å²) >= 11 is 0. The first-order chi connectivity index (χ1) is 17.7. The summed E-state index contributed by atoms with van der Waals surface area (Å²) < 4.78 is 10.8. The number of nitrogens with zero attached hydrogens (tertiary/aromatic N) is 5. The molecule has 2 aliphatic heterocycles. The summed E-state index contributed by atoms with van der Waals surface area (Å²) in [5.74, 6) is 1.29. The lowest BCUT2D eigenvalue weighted by molar-refractivity contribution is 0.0143. The van der Waals surface area contributed by atoms with Crippen molar-refractivity contribution in [1.29, 1.82) is 0 Å². The fourth-order valence-electron chi connectivity index (χ4n) is 5.97. The topological polar surface area (TPSA) is 134 Å². The molecule has 2 aliphatic carbocycles. The Morgan fingerprint density at radius 1 is 0.800 bits per heavy atom. The number of rotatable bonds is 5. The predicted octanol–water partition coefficient (Wildman–Crippen LogP) is 7.37. The number of carbonyl (C=O) groups excluding carboxylic acids is 2. The van der Waals surface area contributed by atoms with E-state index in [2.05, 4.69) is 10.0 Å². The van der Waals surface area contributed by atoms with Crippen LogP contribution in [0.4, 0.5) is 9.59 Å². The molecule has 0 bridgehead atoms. The molecular formula is C30H58N6O4. The van der Waals surface area contributed by atoms with Gasteiger partial charge in [0, 0.05) is 37.6 Å². The third-order valence-corrected chi connectivity index (χ3v) is 8.67. The number of nitrogens with two attached hydrogens (primary N) is 1. The van der Waals surface area contributed by atoms with Gasteiger partial charge < -0.3 is 25.0 Å². The quantitative estimate of drug-likeness (QED) is 0.211. The van der Waals surface area contributed by atoms with Crippen molar-refractivity contribution in [3.8, 4) is 0 Å². The SMILES string of the molecule is C.C.CC(C)(C)OC(=O)N1CCC(C2(CN)CC2)CC1.CC(C)(C)OC(=O)N1CCC(C2(CN=[N+]=[N-])CC2)CC1. The fraction of sp³-hybridized carbons (Fsp3) is 0.933. The van der Waals surface area contributed by atoms with Crippen LogP contribution < -0.4 is 5.73 Å². The summed E-state index contributed by atoms with van der Waals surface area (Å²) in [6, 6.07) is 0. The maximum absolute atomic E-state index is 12.0. The second-order valence-electron chi connectivity index (χ2n) is 13.8. The van der Waals surface area contributed by atoms with E-state index in [1.807, 2.05) is 46.4 Å². The van der Waals surface area contributed by atoms with Gasteiger partial charge in [-0.1, -0.05) is 20.0 Å². The number of likely N-dealkylation sites (tertiary alicyclic amines) is 2. The van der Waals surface area contributed by atoms with Crippen molar-refractivity contribution in [3.63, 3.8) is 0 Å². The van der Waals surface area contributed by atoms with Crippen LogP contribution in [-0.4, -0.2) is 72.5 Å². The molecule has 10 heteroatoms. The smallest absolute Gasteiger partial charge is 0.410 e. The third kappa shape index (κ3) is 10.0. The summed E-state index contributed by atoms with van der Waals surface area (Å²) in [5, 5.41) is 3.76. The highest BCUT2D eigenvalue weighted by molar-refractivity contribution is 5.68. The van der Waals surface area contributed by atoms with E-state index < -0.39 is 11.2 Å². The summed E-state index contributed by atoms with van der Waals surface area (Å²) in [6.45, 7) is 15.9. The van der Waals surface area contributed by atoms with Gasteiger partial charge in [0.2, 0.25) is 0 Å². The maximum Gasteiger partial charge on any atom is 0.410 e. The van der Waals surface area contributed by atoms with Gasteiger partial charge in [-0.05, 0) is 128 Å². The predicted molar refractivity (Wildman–Crippen MR) is 161 cm³/mol. The normalized spacial score (nSPS) is 21.8. The largest absolute Gasteiger partial charge is 0.444 e. The summed E-state index contributed by atoms with van der Waals surface area (Å²) in [7, 11) is 0. The molecule has 2 heterocycles. The van der Waals surface area contributed by atoms with Crippen molar-refractivity contribution in [1.82, 2.24) is 9.80 Å². The van der Waals surface area contributed by atoms with Crippen LogP contribution in [0.2, 0.25) is 0 Å². The molecule has 4 aliphatic rings. The number of amides is 2. The Kier molecular flexibility index (Phi) is 12.7. The molecule has 0 spiro atoms. The van der Waals surface area contributed by atoms with E-state index in [1.54, 1.807) is 4.90 Å². The van der Waals surface area contributed by atoms with Crippen LogP contribution in [0.15, 0.2) is 5.11 Å². The lowest BCUT2D eigenvalue weighted by Gasteiger charge is -2.36. The van der Waals surface area contributed by atoms with Crippen LogP contribution in [0.5, 0.6) is 0 Å². The fourth-order valence-corrected chi connectivity index (χ4v) is 5.97. The van der Waals surface area contributed by atoms with Gasteiger partial charge in [0.1, 0.15) is 11.2 Å². The molecule has 0 aromatic rings. The number of hydrogen-bond acceptors (Lipinski definition) is 6. The van der Waals surface area contributed by atoms with Gasteiger partial charge in [-0.15, -0.1) is 0 Å². The van der Waals surface area contributed by atoms with Gasteiger partial charge in [0.25, 0.3) is 0 Å². The maximum atomic E-state index is 12.0. The Morgan fingerprint density at radius 2 is 1.15 bits per heavy atom. The van der Waals surface area contributed by atoms with Crippen LogP contribution in [0.3, 0.4) is 0 Å². The molecule has 2 amide bonds. The Morgan fingerprint density at radius 3 is 1.43 bits per heavy atom. The van der Waals surface area contributed by atoms with Crippen LogP contribution >= 0.6 is 0 Å². The lowest BCUT2D eigenvalue weighted by Crippen LogP contribution is -2.44. The standard InChI is InChI=1S/C14H24N4O2.C14H26N2O2.2CH4/c1-13(2,3)20-12(19)18-8-4-11(5-9-18)14(6-7-14)10-16-17-15;1-13(2,3)18-12(17)16-8-4-11(5-9-16)14(10-15)6-7-14;;/h11H,4-10H2,1-3H3;11H,4-10,15H2,1-3H3;2*1H4. The van der Waals surface area contributed by atoms with E-state index in [0.29, 0.717) is 23.8 Å². The number of piperidine rings is 2. The molecule has 2 saturated heterocycles. The molecule has 232 valence electrons. The first kappa shape index (κ1) is 35.8. The number of hydrogen-bond donors (Lipinski definition) is 1. The van der Waals surface area contributed by atoms with Crippen molar-refractivity contribution in [2.45, 2.75) is 119 Å². The molecule has 10 nitrogen and oxygen atoms in total. The van der Waals surface area contributed by atoms with Crippen molar-refractivity contribution in [2.24, 2.45) is 33.5 Å². The molecule has 40 heavy (non-hydrogen) atoms. The Hall–Kier alpha value is -2.19. The third-order valence-electron chi connectivity index (χ3n) is 8.67. The Balaban J connectivity index is 0.000000383. The highest BCUT2D eigenvalue weighted by atomic mass is 16.6. The lowest BCUT2D eigenvalue weighted by atomic mass is 9.81. The van der Waals surface area contributed by atoms with E-state index >= 15 is 0 Å². The van der Waals surface area contributed by atoms with Gasteiger partial charge in [-0.25, -0.2) is 9.59 Å². The van der Waals surface area contributed by atoms with Crippen molar-refractivity contribution in [2.75, 3.05) is 39.3 Å². The van der Waals surface area contributed by atoms with Gasteiger partial charge in [0.15, 0.2) is 0 Å². The zero-order valence-electron chi connectivity index (χ0n) is 24.5. The van der Waals surface area contributed by atoms with Crippen LogP contribution in [0.25, 0.3) is 10.4 Å². The molecule has 2 N–H and O–H groups in total. The van der Waals surface area contributed by atoms with Crippen LogP contribution in [0.1, 0.15) is 108 Å². The minimum atomic E-state index is -0.437. The van der Waals surface area contributed by atoms with E-state index in [9.17, 15) is 9.59 Å². The number of ether oxygens (including phenoxy) is 2. The number of carbonyl (C=O) groups is 2. The van der Waals surface area contributed by atoms with Gasteiger partial charge in [0.05, 0.1) is 0 Å². The van der Waals surface area contributed by atoms with Crippen molar-refractivity contribution >= 4 is 12.2 Å². The summed E-state index contributed by atoms with van der Waals surface area (Å²) in [4.78, 5) is 30.4. The van der Waals surface area contributed by atoms with Gasteiger partial charge >= 0.3 is 12.2 Å². The molecule has 0 radical (unpaired) electrons. The molecule has 0 aromatic heterocycles. The van der Waals surface area contributed by atoms with Gasteiger partial charge in [-0.3, -0.25) is 0 Å². The van der Waals surface area contributed by atoms with Gasteiger partial charge in [-0.2, -0.15) is 0 Å². The molecule has 0 atom stereocenters. The van der Waals surface area contributed by atoms with E-state index in [0.717, 1.165) is 71.2 Å². The Labute approximate surface area is 243 Å². The zero-order chi connectivity index (χ0) is 28.2. The monoisotopic (exact) mass is 566 g/mol. The molecule has 4 fully saturated rings. The second-order valence-corrected chi connectivity index (χ2v) is 13.8. The highest BCUT2D eigenvalue weighted by Crippen LogP contribution is 2.56. The van der Waals surface area contributed by atoms with E-state index in [4.69, 9.17) is 20.7 Å². The van der Waals surface area contributed by atoms with Crippen LogP contribution in [0, 0.1) is 22.7 Å². The molecule has 4 rings (SSSR count).